The van der Waals surface area contributed by atoms with E-state index in [2.05, 4.69) is 5.32 Å². The molecule has 0 aliphatic heterocycles. The highest BCUT2D eigenvalue weighted by molar-refractivity contribution is 7.91. The fraction of sp³-hybridized carbons (Fsp3) is 0.174. The molecule has 0 aromatic heterocycles. The highest BCUT2D eigenvalue weighted by Crippen LogP contribution is 2.30. The van der Waals surface area contributed by atoms with Crippen molar-refractivity contribution in [3.05, 3.63) is 89.7 Å². The highest BCUT2D eigenvalue weighted by Gasteiger charge is 2.29. The Hall–Kier alpha value is -3.39. The van der Waals surface area contributed by atoms with E-state index in [-0.39, 0.29) is 11.4 Å². The third-order valence-electron chi connectivity index (χ3n) is 4.78. The van der Waals surface area contributed by atoms with E-state index in [1.54, 1.807) is 42.5 Å². The second kappa shape index (κ2) is 9.61. The fourth-order valence-corrected chi connectivity index (χ4v) is 4.79. The van der Waals surface area contributed by atoms with Crippen LogP contribution in [0.25, 0.3) is 0 Å². The summed E-state index contributed by atoms with van der Waals surface area (Å²) in [6.45, 7) is -0.170. The van der Waals surface area contributed by atoms with Gasteiger partial charge in [-0.1, -0.05) is 30.3 Å². The van der Waals surface area contributed by atoms with Gasteiger partial charge in [0.05, 0.1) is 19.1 Å². The van der Waals surface area contributed by atoms with Gasteiger partial charge in [0.15, 0.2) is 21.3 Å². The number of nitrogens with one attached hydrogen (secondary N) is 1. The van der Waals surface area contributed by atoms with E-state index in [0.717, 1.165) is 12.1 Å². The first-order valence-electron chi connectivity index (χ1n) is 9.41. The van der Waals surface area contributed by atoms with Crippen LogP contribution < -0.4 is 14.8 Å². The van der Waals surface area contributed by atoms with Gasteiger partial charge in [-0.25, -0.2) is 12.8 Å². The number of hydrogen-bond donors (Lipinski definition) is 1. The Kier molecular flexibility index (Phi) is 6.91. The number of halogens is 1. The second-order valence-corrected chi connectivity index (χ2v) is 8.81. The van der Waals surface area contributed by atoms with Gasteiger partial charge in [-0.05, 0) is 48.0 Å². The molecule has 0 fully saturated rings. The van der Waals surface area contributed by atoms with Crippen LogP contribution in [0.1, 0.15) is 21.2 Å². The fourth-order valence-electron chi connectivity index (χ4n) is 3.13. The van der Waals surface area contributed by atoms with Gasteiger partial charge in [-0.2, -0.15) is 0 Å². The Morgan fingerprint density at radius 3 is 2.19 bits per heavy atom. The summed E-state index contributed by atoms with van der Waals surface area (Å²) in [7, 11) is -0.951. The van der Waals surface area contributed by atoms with E-state index in [1.807, 2.05) is 0 Å². The predicted molar refractivity (Wildman–Crippen MR) is 115 cm³/mol. The Morgan fingerprint density at radius 1 is 0.935 bits per heavy atom. The Morgan fingerprint density at radius 2 is 1.58 bits per heavy atom. The topological polar surface area (TPSA) is 81.7 Å². The van der Waals surface area contributed by atoms with Crippen molar-refractivity contribution in [2.75, 3.05) is 20.8 Å². The number of ether oxygens (including phenoxy) is 2. The van der Waals surface area contributed by atoms with Gasteiger partial charge in [0.1, 0.15) is 11.1 Å². The molecule has 0 radical (unpaired) electrons. The average Bonchev–Trinajstić information content (AvgIpc) is 2.79. The summed E-state index contributed by atoms with van der Waals surface area (Å²) in [5.74, 6) is -0.137. The van der Waals surface area contributed by atoms with E-state index in [1.165, 1.54) is 32.4 Å². The van der Waals surface area contributed by atoms with Crippen LogP contribution >= 0.6 is 0 Å². The van der Waals surface area contributed by atoms with Gasteiger partial charge >= 0.3 is 0 Å². The normalized spacial score (nSPS) is 12.1. The van der Waals surface area contributed by atoms with Crippen LogP contribution in [0.5, 0.6) is 11.5 Å². The number of methoxy groups -OCH3 is 2. The molecule has 162 valence electrons. The molecule has 0 spiro atoms. The summed E-state index contributed by atoms with van der Waals surface area (Å²) in [5, 5.41) is 1.63. The lowest BCUT2D eigenvalue weighted by Crippen LogP contribution is -2.32. The van der Waals surface area contributed by atoms with Crippen LogP contribution in [0.15, 0.2) is 77.7 Å². The summed E-state index contributed by atoms with van der Waals surface area (Å²) >= 11 is 0. The molecule has 6 nitrogen and oxygen atoms in total. The Labute approximate surface area is 180 Å². The maximum absolute atomic E-state index is 13.3. The molecular weight excluding hydrogens is 421 g/mol. The summed E-state index contributed by atoms with van der Waals surface area (Å²) < 4.78 is 50.2. The lowest BCUT2D eigenvalue weighted by Gasteiger charge is -2.19. The standard InChI is InChI=1S/C23H22FNO5S/c1-29-20-13-8-17(14-21(20)30-2)23(26)25-15-22(16-6-4-3-5-7-16)31(27,28)19-11-9-18(24)10-12-19/h3-14,22H,15H2,1-2H3,(H,25,26). The largest absolute Gasteiger partial charge is 0.493 e. The summed E-state index contributed by atoms with van der Waals surface area (Å²) in [6.07, 6.45) is 0. The van der Waals surface area contributed by atoms with Gasteiger partial charge in [0, 0.05) is 12.1 Å². The first-order valence-corrected chi connectivity index (χ1v) is 11.0. The van der Waals surface area contributed by atoms with Crippen LogP contribution in [0.2, 0.25) is 0 Å². The number of carbonyl (C=O) groups is 1. The average molecular weight is 443 g/mol. The van der Waals surface area contributed by atoms with E-state index >= 15 is 0 Å². The summed E-state index contributed by atoms with van der Waals surface area (Å²) in [5.41, 5.74) is 0.808. The molecule has 0 bridgehead atoms. The first kappa shape index (κ1) is 22.3. The van der Waals surface area contributed by atoms with Crippen molar-refractivity contribution in [3.63, 3.8) is 0 Å². The maximum atomic E-state index is 13.3. The van der Waals surface area contributed by atoms with Crippen LogP contribution in [0.3, 0.4) is 0 Å². The van der Waals surface area contributed by atoms with E-state index in [0.29, 0.717) is 22.6 Å². The van der Waals surface area contributed by atoms with Crippen molar-refractivity contribution < 1.29 is 27.1 Å². The number of carbonyl (C=O) groups excluding carboxylic acids is 1. The Balaban J connectivity index is 1.88. The number of hydrogen-bond acceptors (Lipinski definition) is 5. The zero-order valence-electron chi connectivity index (χ0n) is 17.0. The molecule has 1 atom stereocenters. The van der Waals surface area contributed by atoms with E-state index in [9.17, 15) is 17.6 Å². The minimum atomic E-state index is -3.90. The highest BCUT2D eigenvalue weighted by atomic mass is 32.2. The molecule has 1 N–H and O–H groups in total. The number of sulfone groups is 1. The third kappa shape index (κ3) is 5.03. The molecule has 3 aromatic rings. The minimum Gasteiger partial charge on any atom is -0.493 e. The molecule has 3 aromatic carbocycles. The van der Waals surface area contributed by atoms with Gasteiger partial charge in [0.25, 0.3) is 5.91 Å². The van der Waals surface area contributed by atoms with Crippen LogP contribution in [0.4, 0.5) is 4.39 Å². The smallest absolute Gasteiger partial charge is 0.251 e. The third-order valence-corrected chi connectivity index (χ3v) is 6.90. The van der Waals surface area contributed by atoms with Crippen molar-refractivity contribution in [2.45, 2.75) is 10.1 Å². The van der Waals surface area contributed by atoms with E-state index in [4.69, 9.17) is 9.47 Å². The SMILES string of the molecule is COc1ccc(C(=O)NCC(c2ccccc2)S(=O)(=O)c2ccc(F)cc2)cc1OC. The van der Waals surface area contributed by atoms with Gasteiger partial charge in [-0.15, -0.1) is 0 Å². The van der Waals surface area contributed by atoms with Gasteiger partial charge < -0.3 is 14.8 Å². The van der Waals surface area contributed by atoms with Crippen LogP contribution in [-0.2, 0) is 9.84 Å². The first-order chi connectivity index (χ1) is 14.9. The van der Waals surface area contributed by atoms with Crippen molar-refractivity contribution in [1.29, 1.82) is 0 Å². The monoisotopic (exact) mass is 443 g/mol. The molecule has 31 heavy (non-hydrogen) atoms. The van der Waals surface area contributed by atoms with Crippen LogP contribution in [0, 0.1) is 5.82 Å². The molecule has 3 rings (SSSR count). The molecule has 1 unspecified atom stereocenters. The molecule has 0 aliphatic rings. The van der Waals surface area contributed by atoms with Crippen molar-refractivity contribution in [2.24, 2.45) is 0 Å². The zero-order chi connectivity index (χ0) is 22.4. The summed E-state index contributed by atoms with van der Waals surface area (Å²) in [4.78, 5) is 12.7. The van der Waals surface area contributed by atoms with Gasteiger partial charge in [-0.3, -0.25) is 4.79 Å². The Bertz CT molecular complexity index is 1150. The predicted octanol–water partition coefficient (Wildman–Crippen LogP) is 3.79. The van der Waals surface area contributed by atoms with Gasteiger partial charge in [0.2, 0.25) is 0 Å². The number of rotatable bonds is 8. The molecule has 0 saturated heterocycles. The summed E-state index contributed by atoms with van der Waals surface area (Å²) in [6, 6.07) is 17.9. The molecular formula is C23H22FNO5S. The van der Waals surface area contributed by atoms with Crippen molar-refractivity contribution >= 4 is 15.7 Å². The number of amides is 1. The number of benzene rings is 3. The molecule has 0 heterocycles. The van der Waals surface area contributed by atoms with Crippen molar-refractivity contribution in [1.82, 2.24) is 5.32 Å². The minimum absolute atomic E-state index is 0.0249. The second-order valence-electron chi connectivity index (χ2n) is 6.68. The lowest BCUT2D eigenvalue weighted by atomic mass is 10.1. The van der Waals surface area contributed by atoms with E-state index < -0.39 is 26.8 Å². The quantitative estimate of drug-likeness (QED) is 0.536. The van der Waals surface area contributed by atoms with Crippen LogP contribution in [-0.4, -0.2) is 35.1 Å². The molecule has 0 saturated carbocycles. The van der Waals surface area contributed by atoms with Crippen molar-refractivity contribution in [3.8, 4) is 11.5 Å². The lowest BCUT2D eigenvalue weighted by molar-refractivity contribution is 0.0953. The molecule has 1 amide bonds. The maximum Gasteiger partial charge on any atom is 0.251 e. The molecule has 8 heteroatoms. The zero-order valence-corrected chi connectivity index (χ0v) is 17.9. The molecule has 0 aliphatic carbocycles.